The van der Waals surface area contributed by atoms with Crippen molar-refractivity contribution in [3.05, 3.63) is 0 Å². The van der Waals surface area contributed by atoms with E-state index in [1.165, 1.54) is 0 Å². The summed E-state index contributed by atoms with van der Waals surface area (Å²) in [5.41, 5.74) is 0. The molecule has 0 amide bonds. The number of nitrogens with zero attached hydrogens (tertiary/aromatic N) is 1. The number of carbonyl (C=O) groups is 1. The maximum absolute atomic E-state index is 10.8. The molecule has 1 aliphatic rings. The molecule has 1 saturated heterocycles. The second kappa shape index (κ2) is 3.01. The van der Waals surface area contributed by atoms with Crippen LogP contribution in [0.2, 0.25) is 0 Å². The lowest BCUT2D eigenvalue weighted by atomic mass is 10.3. The van der Waals surface area contributed by atoms with E-state index in [9.17, 15) is 4.79 Å². The Morgan fingerprint density at radius 3 is 2.80 bits per heavy atom. The monoisotopic (exact) mass is 143 g/mol. The van der Waals surface area contributed by atoms with Crippen molar-refractivity contribution in [3.63, 3.8) is 0 Å². The third kappa shape index (κ3) is 1.99. The van der Waals surface area contributed by atoms with E-state index in [4.69, 9.17) is 4.84 Å². The molecule has 10 heavy (non-hydrogen) atoms. The van der Waals surface area contributed by atoms with Crippen LogP contribution in [-0.2, 0) is 9.63 Å². The highest BCUT2D eigenvalue weighted by Gasteiger charge is 2.33. The zero-order chi connectivity index (χ0) is 7.56. The van der Waals surface area contributed by atoms with Crippen LogP contribution in [0.5, 0.6) is 0 Å². The van der Waals surface area contributed by atoms with Gasteiger partial charge in [0.25, 0.3) is 0 Å². The van der Waals surface area contributed by atoms with Crippen LogP contribution in [0.4, 0.5) is 0 Å². The largest absolute Gasteiger partial charge is 0.368 e. The highest BCUT2D eigenvalue weighted by atomic mass is 16.7. The predicted molar refractivity (Wildman–Crippen MR) is 37.2 cm³/mol. The first-order valence-corrected chi connectivity index (χ1v) is 3.71. The highest BCUT2D eigenvalue weighted by Crippen LogP contribution is 2.16. The predicted octanol–water partition coefficient (Wildman–Crippen LogP) is 0.949. The maximum atomic E-state index is 10.8. The van der Waals surface area contributed by atoms with Crippen molar-refractivity contribution >= 4 is 5.97 Å². The highest BCUT2D eigenvalue weighted by molar-refractivity contribution is 5.69. The van der Waals surface area contributed by atoms with Crippen molar-refractivity contribution in [1.82, 2.24) is 5.06 Å². The summed E-state index contributed by atoms with van der Waals surface area (Å²) < 4.78 is 0. The molecule has 2 unspecified atom stereocenters. The summed E-state index contributed by atoms with van der Waals surface area (Å²) in [5.74, 6) is -0.105. The molecule has 0 aliphatic carbocycles. The smallest absolute Gasteiger partial charge is 0.325 e. The molecule has 0 aromatic carbocycles. The van der Waals surface area contributed by atoms with Crippen molar-refractivity contribution in [2.45, 2.75) is 32.7 Å². The van der Waals surface area contributed by atoms with E-state index in [1.807, 2.05) is 13.8 Å². The van der Waals surface area contributed by atoms with Crippen molar-refractivity contribution in [2.24, 2.45) is 0 Å². The molecule has 2 atom stereocenters. The lowest BCUT2D eigenvalue weighted by Gasteiger charge is -2.01. The van der Waals surface area contributed by atoms with Gasteiger partial charge in [-0.2, -0.15) is 0 Å². The topological polar surface area (TPSA) is 29.3 Å². The molecule has 58 valence electrons. The fourth-order valence-corrected chi connectivity index (χ4v) is 0.721. The van der Waals surface area contributed by atoms with Gasteiger partial charge in [-0.15, -0.1) is 5.06 Å². The molecular formula is C7H13NO2. The van der Waals surface area contributed by atoms with Gasteiger partial charge in [0.2, 0.25) is 0 Å². The van der Waals surface area contributed by atoms with E-state index in [1.54, 1.807) is 5.06 Å². The number of hydroxylamine groups is 2. The Morgan fingerprint density at radius 1 is 1.80 bits per heavy atom. The molecule has 1 aliphatic heterocycles. The molecule has 1 fully saturated rings. The third-order valence-corrected chi connectivity index (χ3v) is 1.48. The Labute approximate surface area is 60.9 Å². The van der Waals surface area contributed by atoms with Crippen LogP contribution < -0.4 is 0 Å². The average molecular weight is 143 g/mol. The van der Waals surface area contributed by atoms with Crippen molar-refractivity contribution in [2.75, 3.05) is 6.54 Å². The van der Waals surface area contributed by atoms with E-state index >= 15 is 0 Å². The summed E-state index contributed by atoms with van der Waals surface area (Å²) in [6, 6.07) is 0.445. The second-order valence-corrected chi connectivity index (χ2v) is 2.66. The van der Waals surface area contributed by atoms with Crippen LogP contribution in [0.3, 0.4) is 0 Å². The van der Waals surface area contributed by atoms with E-state index in [0.29, 0.717) is 12.5 Å². The summed E-state index contributed by atoms with van der Waals surface area (Å²) >= 11 is 0. The van der Waals surface area contributed by atoms with Gasteiger partial charge in [0.15, 0.2) is 0 Å². The van der Waals surface area contributed by atoms with Gasteiger partial charge in [-0.05, 0) is 13.3 Å². The number of hydrogen-bond donors (Lipinski definition) is 0. The molecule has 0 aromatic heterocycles. The summed E-state index contributed by atoms with van der Waals surface area (Å²) in [6.45, 7) is 4.89. The normalized spacial score (nSPS) is 29.8. The van der Waals surface area contributed by atoms with Crippen LogP contribution in [0.1, 0.15) is 26.7 Å². The minimum atomic E-state index is -0.105. The molecule has 0 radical (unpaired) electrons. The third-order valence-electron chi connectivity index (χ3n) is 1.48. The van der Waals surface area contributed by atoms with Crippen LogP contribution in [0.25, 0.3) is 0 Å². The van der Waals surface area contributed by atoms with Gasteiger partial charge in [-0.25, -0.2) is 0 Å². The zero-order valence-corrected chi connectivity index (χ0v) is 6.46. The Kier molecular flexibility index (Phi) is 2.27. The lowest BCUT2D eigenvalue weighted by Crippen LogP contribution is -2.10. The van der Waals surface area contributed by atoms with Gasteiger partial charge in [0, 0.05) is 6.42 Å². The average Bonchev–Trinajstić information content (AvgIpc) is 2.47. The van der Waals surface area contributed by atoms with Crippen LogP contribution in [0.15, 0.2) is 0 Å². The summed E-state index contributed by atoms with van der Waals surface area (Å²) in [6.07, 6.45) is 1.39. The van der Waals surface area contributed by atoms with Crippen LogP contribution in [-0.4, -0.2) is 23.6 Å². The van der Waals surface area contributed by atoms with Gasteiger partial charge in [0.1, 0.15) is 0 Å². The number of rotatable bonds is 3. The SMILES string of the molecule is CCCC(=O)ON1CC1C. The lowest BCUT2D eigenvalue weighted by molar-refractivity contribution is -0.167. The first-order chi connectivity index (χ1) is 4.74. The summed E-state index contributed by atoms with van der Waals surface area (Å²) in [5, 5.41) is 1.69. The van der Waals surface area contributed by atoms with Crippen molar-refractivity contribution in [3.8, 4) is 0 Å². The molecule has 0 aromatic rings. The Morgan fingerprint density at radius 2 is 2.40 bits per heavy atom. The minimum absolute atomic E-state index is 0.105. The van der Waals surface area contributed by atoms with Crippen LogP contribution >= 0.6 is 0 Å². The van der Waals surface area contributed by atoms with Crippen molar-refractivity contribution < 1.29 is 9.63 Å². The molecular weight excluding hydrogens is 130 g/mol. The van der Waals surface area contributed by atoms with Gasteiger partial charge in [-0.1, -0.05) is 6.92 Å². The fourth-order valence-electron chi connectivity index (χ4n) is 0.721. The van der Waals surface area contributed by atoms with Gasteiger partial charge in [-0.3, -0.25) is 4.79 Å². The number of hydrogen-bond acceptors (Lipinski definition) is 3. The van der Waals surface area contributed by atoms with Crippen LogP contribution in [0, 0.1) is 0 Å². The van der Waals surface area contributed by atoms with E-state index in [2.05, 4.69) is 0 Å². The molecule has 0 spiro atoms. The van der Waals surface area contributed by atoms with Gasteiger partial charge in [0.05, 0.1) is 12.6 Å². The molecule has 0 bridgehead atoms. The summed E-state index contributed by atoms with van der Waals surface area (Å²) in [7, 11) is 0. The first-order valence-electron chi connectivity index (χ1n) is 3.71. The molecule has 1 heterocycles. The molecule has 3 heteroatoms. The van der Waals surface area contributed by atoms with Gasteiger partial charge < -0.3 is 4.84 Å². The Balaban J connectivity index is 2.07. The van der Waals surface area contributed by atoms with E-state index < -0.39 is 0 Å². The number of carbonyl (C=O) groups excluding carboxylic acids is 1. The zero-order valence-electron chi connectivity index (χ0n) is 6.46. The molecule has 3 nitrogen and oxygen atoms in total. The molecule has 1 rings (SSSR count). The molecule has 0 saturated carbocycles. The second-order valence-electron chi connectivity index (χ2n) is 2.66. The van der Waals surface area contributed by atoms with E-state index in [-0.39, 0.29) is 5.97 Å². The first kappa shape index (κ1) is 7.54. The summed E-state index contributed by atoms with van der Waals surface area (Å²) in [4.78, 5) is 15.7. The minimum Gasteiger partial charge on any atom is -0.368 e. The quantitative estimate of drug-likeness (QED) is 0.551. The Bertz CT molecular complexity index is 136. The molecule has 0 N–H and O–H groups in total. The van der Waals surface area contributed by atoms with Crippen molar-refractivity contribution in [1.29, 1.82) is 0 Å². The maximum Gasteiger partial charge on any atom is 0.325 e. The van der Waals surface area contributed by atoms with E-state index in [0.717, 1.165) is 13.0 Å². The van der Waals surface area contributed by atoms with Gasteiger partial charge >= 0.3 is 5.97 Å². The Hall–Kier alpha value is -0.570. The standard InChI is InChI=1S/C7H13NO2/c1-3-4-7(9)10-8-5-6(8)2/h6H,3-5H2,1-2H3. The fraction of sp³-hybridized carbons (Fsp3) is 0.857.